The number of nitrogens with zero attached hydrogens (tertiary/aromatic N) is 2. The van der Waals surface area contributed by atoms with Crippen LogP contribution in [0.3, 0.4) is 0 Å². The number of nitrogens with two attached hydrogens (primary N) is 1. The van der Waals surface area contributed by atoms with E-state index in [2.05, 4.69) is 39.9 Å². The number of rotatable bonds is 7. The summed E-state index contributed by atoms with van der Waals surface area (Å²) in [6.07, 6.45) is 0.991. The monoisotopic (exact) mass is 341 g/mol. The van der Waals surface area contributed by atoms with Crippen molar-refractivity contribution in [1.82, 2.24) is 9.80 Å². The number of carbonyl (C=O) groups is 1. The summed E-state index contributed by atoms with van der Waals surface area (Å²) >= 11 is 3.49. The van der Waals surface area contributed by atoms with Gasteiger partial charge < -0.3 is 10.6 Å². The Morgan fingerprint density at radius 2 is 2.10 bits per heavy atom. The Bertz CT molecular complexity index is 437. The molecule has 1 amide bonds. The summed E-state index contributed by atoms with van der Waals surface area (Å²) in [6.45, 7) is 3.86. The topological polar surface area (TPSA) is 49.6 Å². The van der Waals surface area contributed by atoms with E-state index < -0.39 is 0 Å². The molecule has 0 saturated carbocycles. The number of hydrogen-bond acceptors (Lipinski definition) is 3. The fourth-order valence-corrected chi connectivity index (χ4v) is 2.57. The van der Waals surface area contributed by atoms with Crippen LogP contribution < -0.4 is 5.73 Å². The molecule has 0 aliphatic carbocycles. The van der Waals surface area contributed by atoms with Crippen LogP contribution >= 0.6 is 15.9 Å². The summed E-state index contributed by atoms with van der Waals surface area (Å²) in [5.74, 6) is 0.104. The molecule has 0 aromatic heterocycles. The van der Waals surface area contributed by atoms with Crippen molar-refractivity contribution in [3.8, 4) is 0 Å². The fourth-order valence-electron chi connectivity index (χ4n) is 2.16. The van der Waals surface area contributed by atoms with Gasteiger partial charge in [-0.15, -0.1) is 0 Å². The maximum absolute atomic E-state index is 12.0. The van der Waals surface area contributed by atoms with Crippen LogP contribution in [0.2, 0.25) is 0 Å². The van der Waals surface area contributed by atoms with Gasteiger partial charge in [0.05, 0.1) is 6.54 Å². The fraction of sp³-hybridized carbons (Fsp3) is 0.533. The summed E-state index contributed by atoms with van der Waals surface area (Å²) in [5, 5.41) is 0. The van der Waals surface area contributed by atoms with E-state index in [4.69, 9.17) is 5.73 Å². The molecule has 0 radical (unpaired) electrons. The first-order valence-electron chi connectivity index (χ1n) is 6.89. The maximum Gasteiger partial charge on any atom is 0.236 e. The van der Waals surface area contributed by atoms with Gasteiger partial charge in [0.25, 0.3) is 0 Å². The molecule has 0 saturated heterocycles. The average Bonchev–Trinajstić information content (AvgIpc) is 2.39. The largest absolute Gasteiger partial charge is 0.348 e. The summed E-state index contributed by atoms with van der Waals surface area (Å²) in [5.41, 5.74) is 7.10. The van der Waals surface area contributed by atoms with Gasteiger partial charge in [-0.25, -0.2) is 0 Å². The van der Waals surface area contributed by atoms with Crippen molar-refractivity contribution >= 4 is 21.8 Å². The van der Waals surface area contributed by atoms with Crippen molar-refractivity contribution in [2.45, 2.75) is 19.4 Å². The molecule has 1 aromatic rings. The lowest BCUT2D eigenvalue weighted by Crippen LogP contribution is -2.41. The van der Waals surface area contributed by atoms with Crippen LogP contribution in [-0.2, 0) is 4.79 Å². The minimum absolute atomic E-state index is 0.0661. The highest BCUT2D eigenvalue weighted by molar-refractivity contribution is 9.10. The molecule has 1 unspecified atom stereocenters. The quantitative estimate of drug-likeness (QED) is 0.827. The average molecular weight is 342 g/mol. The van der Waals surface area contributed by atoms with Crippen LogP contribution in [0.4, 0.5) is 0 Å². The second-order valence-corrected chi connectivity index (χ2v) is 5.98. The van der Waals surface area contributed by atoms with Crippen LogP contribution in [0.1, 0.15) is 24.9 Å². The Balaban J connectivity index is 2.94. The molecule has 20 heavy (non-hydrogen) atoms. The van der Waals surface area contributed by atoms with E-state index in [-0.39, 0.29) is 11.9 Å². The molecule has 0 aliphatic heterocycles. The van der Waals surface area contributed by atoms with E-state index in [0.717, 1.165) is 23.0 Å². The van der Waals surface area contributed by atoms with E-state index in [1.807, 2.05) is 12.1 Å². The molecule has 0 heterocycles. The molecule has 0 aliphatic rings. The Kier molecular flexibility index (Phi) is 7.19. The molecule has 112 valence electrons. The third kappa shape index (κ3) is 4.89. The zero-order chi connectivity index (χ0) is 15.1. The van der Waals surface area contributed by atoms with Gasteiger partial charge in [-0.3, -0.25) is 9.69 Å². The van der Waals surface area contributed by atoms with E-state index in [1.165, 1.54) is 0 Å². The molecule has 1 aromatic carbocycles. The van der Waals surface area contributed by atoms with Gasteiger partial charge >= 0.3 is 0 Å². The van der Waals surface area contributed by atoms with Gasteiger partial charge in [-0.1, -0.05) is 35.0 Å². The minimum atomic E-state index is 0.0661. The van der Waals surface area contributed by atoms with Gasteiger partial charge in [0.15, 0.2) is 0 Å². The van der Waals surface area contributed by atoms with Crippen LogP contribution in [-0.4, -0.2) is 49.4 Å². The lowest BCUT2D eigenvalue weighted by Gasteiger charge is -2.31. The van der Waals surface area contributed by atoms with E-state index in [0.29, 0.717) is 13.1 Å². The normalized spacial score (nSPS) is 12.5. The first-order chi connectivity index (χ1) is 9.49. The highest BCUT2D eigenvalue weighted by Crippen LogP contribution is 2.23. The second-order valence-electron chi connectivity index (χ2n) is 5.07. The predicted molar refractivity (Wildman–Crippen MR) is 86.5 cm³/mol. The van der Waals surface area contributed by atoms with E-state index >= 15 is 0 Å². The van der Waals surface area contributed by atoms with Crippen molar-refractivity contribution in [2.24, 2.45) is 5.73 Å². The molecular formula is C15H24BrN3O. The summed E-state index contributed by atoms with van der Waals surface area (Å²) in [6, 6.07) is 8.19. The van der Waals surface area contributed by atoms with Crippen molar-refractivity contribution in [2.75, 3.05) is 33.7 Å². The van der Waals surface area contributed by atoms with Crippen molar-refractivity contribution in [1.29, 1.82) is 0 Å². The molecule has 0 spiro atoms. The number of hydrogen-bond donors (Lipinski definition) is 1. The number of carbonyl (C=O) groups excluding carboxylic acids is 1. The molecule has 1 rings (SSSR count). The molecule has 0 bridgehead atoms. The summed E-state index contributed by atoms with van der Waals surface area (Å²) in [4.78, 5) is 15.8. The Morgan fingerprint density at radius 3 is 2.60 bits per heavy atom. The van der Waals surface area contributed by atoms with E-state index in [9.17, 15) is 4.79 Å². The Labute approximate surface area is 130 Å². The van der Waals surface area contributed by atoms with Crippen molar-refractivity contribution in [3.05, 3.63) is 34.3 Å². The van der Waals surface area contributed by atoms with Gasteiger partial charge in [-0.05, 0) is 30.7 Å². The molecule has 5 heteroatoms. The first-order valence-corrected chi connectivity index (χ1v) is 7.68. The van der Waals surface area contributed by atoms with E-state index in [1.54, 1.807) is 19.0 Å². The summed E-state index contributed by atoms with van der Waals surface area (Å²) < 4.78 is 1.03. The number of amides is 1. The standard InChI is InChI=1S/C15H24BrN3O/c1-4-8-19(11-15(20)18(2)3)14(10-17)12-6-5-7-13(16)9-12/h5-7,9,14H,4,8,10-11,17H2,1-3H3. The van der Waals surface area contributed by atoms with Crippen LogP contribution in [0.5, 0.6) is 0 Å². The third-order valence-corrected chi connectivity index (χ3v) is 3.74. The van der Waals surface area contributed by atoms with Crippen LogP contribution in [0, 0.1) is 0 Å². The maximum atomic E-state index is 12.0. The highest BCUT2D eigenvalue weighted by Gasteiger charge is 2.21. The lowest BCUT2D eigenvalue weighted by molar-refractivity contribution is -0.130. The molecule has 1 atom stereocenters. The van der Waals surface area contributed by atoms with Gasteiger partial charge in [-0.2, -0.15) is 0 Å². The van der Waals surface area contributed by atoms with Crippen LogP contribution in [0.25, 0.3) is 0 Å². The van der Waals surface area contributed by atoms with Gasteiger partial charge in [0, 0.05) is 31.2 Å². The number of halogens is 1. The predicted octanol–water partition coefficient (Wildman–Crippen LogP) is 2.25. The number of benzene rings is 1. The van der Waals surface area contributed by atoms with Gasteiger partial charge in [0.2, 0.25) is 5.91 Å². The molecular weight excluding hydrogens is 318 g/mol. The lowest BCUT2D eigenvalue weighted by atomic mass is 10.0. The van der Waals surface area contributed by atoms with Crippen LogP contribution in [0.15, 0.2) is 28.7 Å². The Hall–Kier alpha value is -0.910. The smallest absolute Gasteiger partial charge is 0.236 e. The number of likely N-dealkylation sites (N-methyl/N-ethyl adjacent to an activating group) is 1. The molecule has 2 N–H and O–H groups in total. The molecule has 4 nitrogen and oxygen atoms in total. The molecule has 0 fully saturated rings. The minimum Gasteiger partial charge on any atom is -0.348 e. The van der Waals surface area contributed by atoms with Crippen molar-refractivity contribution in [3.63, 3.8) is 0 Å². The van der Waals surface area contributed by atoms with Gasteiger partial charge in [0.1, 0.15) is 0 Å². The first kappa shape index (κ1) is 17.1. The zero-order valence-electron chi connectivity index (χ0n) is 12.5. The second kappa shape index (κ2) is 8.39. The zero-order valence-corrected chi connectivity index (χ0v) is 14.1. The SMILES string of the molecule is CCCN(CC(=O)N(C)C)C(CN)c1cccc(Br)c1. The highest BCUT2D eigenvalue weighted by atomic mass is 79.9. The Morgan fingerprint density at radius 1 is 1.40 bits per heavy atom. The van der Waals surface area contributed by atoms with Crippen molar-refractivity contribution < 1.29 is 4.79 Å². The summed E-state index contributed by atoms with van der Waals surface area (Å²) in [7, 11) is 3.56. The third-order valence-electron chi connectivity index (χ3n) is 3.25.